The zero-order chi connectivity index (χ0) is 21.9. The lowest BCUT2D eigenvalue weighted by Crippen LogP contribution is -2.39. The molecule has 0 spiro atoms. The summed E-state index contributed by atoms with van der Waals surface area (Å²) in [5.74, 6) is 0.473. The SMILES string of the molecule is O=C(CCc1ccc(F)cc1)N1CCC(Cn2cnc3cc(-c4cn[nH]c4)ccc32)CC1. The average Bonchev–Trinajstić information content (AvgIpc) is 3.49. The summed E-state index contributed by atoms with van der Waals surface area (Å²) in [5.41, 5.74) is 5.27. The van der Waals surface area contributed by atoms with Gasteiger partial charge in [0.1, 0.15) is 5.82 Å². The van der Waals surface area contributed by atoms with Gasteiger partial charge >= 0.3 is 0 Å². The van der Waals surface area contributed by atoms with Gasteiger partial charge in [0.25, 0.3) is 0 Å². The third-order valence-electron chi connectivity index (χ3n) is 6.42. The van der Waals surface area contributed by atoms with Crippen molar-refractivity contribution in [3.05, 3.63) is 72.6 Å². The zero-order valence-corrected chi connectivity index (χ0v) is 17.9. The van der Waals surface area contributed by atoms with E-state index >= 15 is 0 Å². The molecule has 2 aromatic heterocycles. The molecular weight excluding hydrogens is 405 g/mol. The number of nitrogens with one attached hydrogen (secondary N) is 1. The normalized spacial score (nSPS) is 14.8. The number of hydrogen-bond donors (Lipinski definition) is 1. The molecular formula is C25H26FN5O. The number of aromatic amines is 1. The lowest BCUT2D eigenvalue weighted by atomic mass is 9.96. The summed E-state index contributed by atoms with van der Waals surface area (Å²) in [6.07, 6.45) is 8.73. The van der Waals surface area contributed by atoms with E-state index < -0.39 is 0 Å². The Kier molecular flexibility index (Phi) is 5.71. The minimum Gasteiger partial charge on any atom is -0.343 e. The quantitative estimate of drug-likeness (QED) is 0.491. The number of rotatable bonds is 6. The first-order chi connectivity index (χ1) is 15.7. The number of imidazole rings is 1. The Balaban J connectivity index is 1.15. The smallest absolute Gasteiger partial charge is 0.222 e. The number of hydrogen-bond acceptors (Lipinski definition) is 3. The fraction of sp³-hybridized carbons (Fsp3) is 0.320. The van der Waals surface area contributed by atoms with Crippen LogP contribution in [-0.2, 0) is 17.8 Å². The van der Waals surface area contributed by atoms with Crippen LogP contribution in [0.3, 0.4) is 0 Å². The van der Waals surface area contributed by atoms with Gasteiger partial charge in [-0.3, -0.25) is 9.89 Å². The largest absolute Gasteiger partial charge is 0.343 e. The second kappa shape index (κ2) is 8.94. The molecule has 1 amide bonds. The molecule has 2 aromatic carbocycles. The number of H-pyrrole nitrogens is 1. The van der Waals surface area contributed by atoms with E-state index in [0.717, 1.165) is 60.2 Å². The fourth-order valence-corrected chi connectivity index (χ4v) is 4.50. The summed E-state index contributed by atoms with van der Waals surface area (Å²) in [6.45, 7) is 2.51. The molecule has 0 radical (unpaired) electrons. The van der Waals surface area contributed by atoms with Crippen molar-refractivity contribution in [2.45, 2.75) is 32.2 Å². The van der Waals surface area contributed by atoms with Crippen molar-refractivity contribution in [1.82, 2.24) is 24.6 Å². The molecule has 32 heavy (non-hydrogen) atoms. The summed E-state index contributed by atoms with van der Waals surface area (Å²) in [6, 6.07) is 12.7. The van der Waals surface area contributed by atoms with Crippen LogP contribution in [0.2, 0.25) is 0 Å². The Bertz CT molecular complexity index is 1190. The molecule has 4 aromatic rings. The van der Waals surface area contributed by atoms with Crippen LogP contribution in [0.15, 0.2) is 61.2 Å². The van der Waals surface area contributed by atoms with Gasteiger partial charge < -0.3 is 9.47 Å². The number of likely N-dealkylation sites (tertiary alicyclic amines) is 1. The van der Waals surface area contributed by atoms with Gasteiger partial charge in [-0.2, -0.15) is 5.10 Å². The third-order valence-corrected chi connectivity index (χ3v) is 6.42. The Morgan fingerprint density at radius 3 is 2.66 bits per heavy atom. The maximum absolute atomic E-state index is 13.0. The van der Waals surface area contributed by atoms with E-state index in [9.17, 15) is 9.18 Å². The number of carbonyl (C=O) groups is 1. The Hall–Kier alpha value is -3.48. The number of amides is 1. The first-order valence-electron chi connectivity index (χ1n) is 11.1. The minimum absolute atomic E-state index is 0.188. The maximum atomic E-state index is 13.0. The number of halogens is 1. The number of piperidine rings is 1. The van der Waals surface area contributed by atoms with Crippen LogP contribution in [-0.4, -0.2) is 43.6 Å². The standard InChI is InChI=1S/C25H26FN5O/c26-22-5-1-18(2-6-22)3-8-25(32)30-11-9-19(10-12-30)16-31-17-27-23-13-20(4-7-24(23)31)21-14-28-29-15-21/h1-2,4-7,13-15,17,19H,3,8-12,16H2,(H,28,29). The van der Waals surface area contributed by atoms with Gasteiger partial charge in [-0.15, -0.1) is 0 Å². The van der Waals surface area contributed by atoms with Crippen molar-refractivity contribution >= 4 is 16.9 Å². The number of aromatic nitrogens is 4. The van der Waals surface area contributed by atoms with Crippen LogP contribution < -0.4 is 0 Å². The van der Waals surface area contributed by atoms with Crippen LogP contribution in [0, 0.1) is 11.7 Å². The molecule has 0 unspecified atom stereocenters. The van der Waals surface area contributed by atoms with E-state index in [1.165, 1.54) is 12.1 Å². The van der Waals surface area contributed by atoms with Gasteiger partial charge in [0.15, 0.2) is 0 Å². The average molecular weight is 432 g/mol. The molecule has 1 aliphatic heterocycles. The molecule has 1 aliphatic rings. The first-order valence-corrected chi connectivity index (χ1v) is 11.1. The van der Waals surface area contributed by atoms with E-state index in [0.29, 0.717) is 18.8 Å². The van der Waals surface area contributed by atoms with Crippen molar-refractivity contribution in [2.75, 3.05) is 13.1 Å². The number of aryl methyl sites for hydroxylation is 1. The summed E-state index contributed by atoms with van der Waals surface area (Å²) >= 11 is 0. The molecule has 1 saturated heterocycles. The van der Waals surface area contributed by atoms with Crippen molar-refractivity contribution in [1.29, 1.82) is 0 Å². The molecule has 6 nitrogen and oxygen atoms in total. The van der Waals surface area contributed by atoms with E-state index in [1.54, 1.807) is 12.1 Å². The van der Waals surface area contributed by atoms with Gasteiger partial charge in [-0.25, -0.2) is 9.37 Å². The highest BCUT2D eigenvalue weighted by atomic mass is 19.1. The van der Waals surface area contributed by atoms with E-state index in [-0.39, 0.29) is 11.7 Å². The molecule has 0 aliphatic carbocycles. The summed E-state index contributed by atoms with van der Waals surface area (Å²) in [5, 5.41) is 6.87. The molecule has 164 valence electrons. The highest BCUT2D eigenvalue weighted by Gasteiger charge is 2.23. The van der Waals surface area contributed by atoms with Gasteiger partial charge in [-0.05, 0) is 60.6 Å². The van der Waals surface area contributed by atoms with Crippen molar-refractivity contribution in [2.24, 2.45) is 5.92 Å². The number of nitrogens with zero attached hydrogens (tertiary/aromatic N) is 4. The van der Waals surface area contributed by atoms with Crippen LogP contribution in [0.1, 0.15) is 24.8 Å². The second-order valence-electron chi connectivity index (χ2n) is 8.54. The van der Waals surface area contributed by atoms with E-state index in [4.69, 9.17) is 0 Å². The maximum Gasteiger partial charge on any atom is 0.222 e. The lowest BCUT2D eigenvalue weighted by Gasteiger charge is -2.32. The van der Waals surface area contributed by atoms with Crippen molar-refractivity contribution in [3.8, 4) is 11.1 Å². The number of benzene rings is 2. The molecule has 1 N–H and O–H groups in total. The summed E-state index contributed by atoms with van der Waals surface area (Å²) in [4.78, 5) is 19.2. The molecule has 0 atom stereocenters. The van der Waals surface area contributed by atoms with Crippen LogP contribution in [0.5, 0.6) is 0 Å². The monoisotopic (exact) mass is 431 g/mol. The molecule has 1 fully saturated rings. The highest BCUT2D eigenvalue weighted by Crippen LogP contribution is 2.26. The Morgan fingerprint density at radius 1 is 1.09 bits per heavy atom. The molecule has 3 heterocycles. The van der Waals surface area contributed by atoms with Crippen molar-refractivity contribution < 1.29 is 9.18 Å². The topological polar surface area (TPSA) is 66.8 Å². The van der Waals surface area contributed by atoms with Gasteiger partial charge in [0, 0.05) is 37.8 Å². The highest BCUT2D eigenvalue weighted by molar-refractivity contribution is 5.81. The van der Waals surface area contributed by atoms with Gasteiger partial charge in [-0.1, -0.05) is 18.2 Å². The summed E-state index contributed by atoms with van der Waals surface area (Å²) in [7, 11) is 0. The van der Waals surface area contributed by atoms with Gasteiger partial charge in [0.05, 0.1) is 23.6 Å². The number of fused-ring (bicyclic) bond motifs is 1. The number of carbonyl (C=O) groups excluding carboxylic acids is 1. The third kappa shape index (κ3) is 4.42. The van der Waals surface area contributed by atoms with Crippen LogP contribution in [0.25, 0.3) is 22.2 Å². The Morgan fingerprint density at radius 2 is 1.91 bits per heavy atom. The second-order valence-corrected chi connectivity index (χ2v) is 8.54. The van der Waals surface area contributed by atoms with E-state index in [2.05, 4.69) is 37.9 Å². The predicted molar refractivity (Wildman–Crippen MR) is 121 cm³/mol. The zero-order valence-electron chi connectivity index (χ0n) is 17.9. The lowest BCUT2D eigenvalue weighted by molar-refractivity contribution is -0.132. The van der Waals surface area contributed by atoms with Crippen molar-refractivity contribution in [3.63, 3.8) is 0 Å². The molecule has 0 bridgehead atoms. The van der Waals surface area contributed by atoms with Gasteiger partial charge in [0.2, 0.25) is 5.91 Å². The molecule has 7 heteroatoms. The first kappa shape index (κ1) is 20.4. The van der Waals surface area contributed by atoms with E-state index in [1.807, 2.05) is 23.6 Å². The van der Waals surface area contributed by atoms with Crippen LogP contribution in [0.4, 0.5) is 4.39 Å². The Labute approximate surface area is 186 Å². The molecule has 5 rings (SSSR count). The van der Waals surface area contributed by atoms with Crippen LogP contribution >= 0.6 is 0 Å². The fourth-order valence-electron chi connectivity index (χ4n) is 4.50. The molecule has 0 saturated carbocycles. The predicted octanol–water partition coefficient (Wildman–Crippen LogP) is 4.44. The summed E-state index contributed by atoms with van der Waals surface area (Å²) < 4.78 is 15.3. The minimum atomic E-state index is -0.244.